The molecule has 0 unspecified atom stereocenters. The first-order valence-electron chi connectivity index (χ1n) is 4.80. The monoisotopic (exact) mass is 235 g/mol. The third-order valence-corrected chi connectivity index (χ3v) is 2.33. The van der Waals surface area contributed by atoms with Gasteiger partial charge in [0.1, 0.15) is 5.15 Å². The van der Waals surface area contributed by atoms with E-state index in [4.69, 9.17) is 11.6 Å². The maximum absolute atomic E-state index is 11.5. The summed E-state index contributed by atoms with van der Waals surface area (Å²) in [6.45, 7) is 2.25. The van der Waals surface area contributed by atoms with E-state index >= 15 is 0 Å². The maximum Gasteiger partial charge on any atom is 0.267 e. The zero-order valence-electron chi connectivity index (χ0n) is 8.72. The predicted molar refractivity (Wildman–Crippen MR) is 61.6 cm³/mol. The summed E-state index contributed by atoms with van der Waals surface area (Å²) in [4.78, 5) is 15.4. The number of aryl methyl sites for hydroxylation is 1. The second-order valence-electron chi connectivity index (χ2n) is 3.46. The molecule has 0 N–H and O–H groups in total. The molecular formula is C11H10ClN3O. The standard InChI is InChI=1S/C11H10ClN3O/c1-8-2-3-11(16)15(14-8)7-9-4-5-13-10(12)6-9/h2-6H,7H2,1H3. The van der Waals surface area contributed by atoms with E-state index in [1.165, 1.54) is 10.7 Å². The lowest BCUT2D eigenvalue weighted by Crippen LogP contribution is -2.22. The Bertz CT molecular complexity index is 565. The fraction of sp³-hybridized carbons (Fsp3) is 0.182. The number of aromatic nitrogens is 3. The number of halogens is 1. The zero-order valence-corrected chi connectivity index (χ0v) is 9.48. The maximum atomic E-state index is 11.5. The van der Waals surface area contributed by atoms with E-state index in [0.29, 0.717) is 11.7 Å². The van der Waals surface area contributed by atoms with Gasteiger partial charge in [0, 0.05) is 12.3 Å². The van der Waals surface area contributed by atoms with Crippen LogP contribution < -0.4 is 5.56 Å². The SMILES string of the molecule is Cc1ccc(=O)n(Cc2ccnc(Cl)c2)n1. The Morgan fingerprint density at radius 1 is 1.38 bits per heavy atom. The summed E-state index contributed by atoms with van der Waals surface area (Å²) >= 11 is 5.76. The van der Waals surface area contributed by atoms with Crippen LogP contribution in [0, 0.1) is 6.92 Å². The molecule has 0 aliphatic rings. The van der Waals surface area contributed by atoms with Gasteiger partial charge in [-0.15, -0.1) is 0 Å². The average molecular weight is 236 g/mol. The molecule has 82 valence electrons. The van der Waals surface area contributed by atoms with Crippen molar-refractivity contribution in [1.82, 2.24) is 14.8 Å². The normalized spacial score (nSPS) is 10.4. The van der Waals surface area contributed by atoms with Crippen molar-refractivity contribution in [3.8, 4) is 0 Å². The molecule has 0 spiro atoms. The topological polar surface area (TPSA) is 47.8 Å². The molecule has 2 aromatic rings. The number of rotatable bonds is 2. The molecular weight excluding hydrogens is 226 g/mol. The molecule has 0 amide bonds. The molecule has 0 saturated carbocycles. The van der Waals surface area contributed by atoms with Gasteiger partial charge in [-0.2, -0.15) is 5.10 Å². The molecule has 0 radical (unpaired) electrons. The fourth-order valence-electron chi connectivity index (χ4n) is 1.38. The van der Waals surface area contributed by atoms with E-state index in [-0.39, 0.29) is 5.56 Å². The van der Waals surface area contributed by atoms with Crippen LogP contribution in [0.4, 0.5) is 0 Å². The van der Waals surface area contributed by atoms with Crippen LogP contribution >= 0.6 is 11.6 Å². The molecule has 2 aromatic heterocycles. The Balaban J connectivity index is 2.34. The Hall–Kier alpha value is -1.68. The Morgan fingerprint density at radius 3 is 2.94 bits per heavy atom. The van der Waals surface area contributed by atoms with Crippen molar-refractivity contribution < 1.29 is 0 Å². The zero-order chi connectivity index (χ0) is 11.5. The molecule has 0 aliphatic carbocycles. The van der Waals surface area contributed by atoms with Crippen LogP contribution in [-0.2, 0) is 6.54 Å². The first kappa shape index (κ1) is 10.8. The Morgan fingerprint density at radius 2 is 2.19 bits per heavy atom. The van der Waals surface area contributed by atoms with Gasteiger partial charge in [-0.05, 0) is 30.7 Å². The van der Waals surface area contributed by atoms with Gasteiger partial charge in [-0.25, -0.2) is 9.67 Å². The van der Waals surface area contributed by atoms with Crippen LogP contribution in [0.2, 0.25) is 5.15 Å². The van der Waals surface area contributed by atoms with Crippen molar-refractivity contribution in [2.75, 3.05) is 0 Å². The lowest BCUT2D eigenvalue weighted by atomic mass is 10.3. The Kier molecular flexibility index (Phi) is 3.01. The van der Waals surface area contributed by atoms with E-state index in [2.05, 4.69) is 10.1 Å². The number of nitrogens with zero attached hydrogens (tertiary/aromatic N) is 3. The van der Waals surface area contributed by atoms with E-state index in [1.807, 2.05) is 13.0 Å². The molecule has 0 fully saturated rings. The van der Waals surface area contributed by atoms with Gasteiger partial charge < -0.3 is 0 Å². The van der Waals surface area contributed by atoms with Crippen molar-refractivity contribution in [3.63, 3.8) is 0 Å². The molecule has 0 aliphatic heterocycles. The smallest absolute Gasteiger partial charge is 0.267 e. The van der Waals surface area contributed by atoms with Crippen molar-refractivity contribution >= 4 is 11.6 Å². The molecule has 0 saturated heterocycles. The highest BCUT2D eigenvalue weighted by Gasteiger charge is 2.00. The minimum Gasteiger partial charge on any atom is -0.268 e. The van der Waals surface area contributed by atoms with Crippen LogP contribution in [0.1, 0.15) is 11.3 Å². The highest BCUT2D eigenvalue weighted by atomic mass is 35.5. The number of hydrogen-bond donors (Lipinski definition) is 0. The predicted octanol–water partition coefficient (Wildman–Crippen LogP) is 1.65. The third kappa shape index (κ3) is 2.46. The lowest BCUT2D eigenvalue weighted by molar-refractivity contribution is 0.628. The van der Waals surface area contributed by atoms with Crippen molar-refractivity contribution in [2.45, 2.75) is 13.5 Å². The van der Waals surface area contributed by atoms with Crippen LogP contribution in [-0.4, -0.2) is 14.8 Å². The minimum atomic E-state index is -0.126. The molecule has 0 atom stereocenters. The van der Waals surface area contributed by atoms with Crippen molar-refractivity contribution in [1.29, 1.82) is 0 Å². The molecule has 2 heterocycles. The molecule has 5 heteroatoms. The molecule has 0 bridgehead atoms. The average Bonchev–Trinajstić information content (AvgIpc) is 2.24. The summed E-state index contributed by atoms with van der Waals surface area (Å²) in [5, 5.41) is 4.55. The third-order valence-electron chi connectivity index (χ3n) is 2.12. The molecule has 16 heavy (non-hydrogen) atoms. The first-order chi connectivity index (χ1) is 7.65. The fourth-order valence-corrected chi connectivity index (χ4v) is 1.57. The highest BCUT2D eigenvalue weighted by Crippen LogP contribution is 2.07. The second kappa shape index (κ2) is 4.45. The summed E-state index contributed by atoms with van der Waals surface area (Å²) in [5.74, 6) is 0. The van der Waals surface area contributed by atoms with Gasteiger partial charge in [0.25, 0.3) is 5.56 Å². The van der Waals surface area contributed by atoms with Gasteiger partial charge in [0.05, 0.1) is 12.2 Å². The van der Waals surface area contributed by atoms with Gasteiger partial charge in [-0.1, -0.05) is 11.6 Å². The first-order valence-corrected chi connectivity index (χ1v) is 5.18. The van der Waals surface area contributed by atoms with Crippen LogP contribution in [0.15, 0.2) is 35.3 Å². The van der Waals surface area contributed by atoms with E-state index < -0.39 is 0 Å². The van der Waals surface area contributed by atoms with Crippen LogP contribution in [0.25, 0.3) is 0 Å². The summed E-state index contributed by atoms with van der Waals surface area (Å²) in [6, 6.07) is 6.73. The van der Waals surface area contributed by atoms with Crippen molar-refractivity contribution in [3.05, 3.63) is 57.2 Å². The minimum absolute atomic E-state index is 0.126. The molecule has 4 nitrogen and oxygen atoms in total. The van der Waals surface area contributed by atoms with Crippen molar-refractivity contribution in [2.24, 2.45) is 0 Å². The van der Waals surface area contributed by atoms with Gasteiger partial charge in [-0.3, -0.25) is 4.79 Å². The Labute approximate surface area is 97.5 Å². The van der Waals surface area contributed by atoms with Gasteiger partial charge in [0.15, 0.2) is 0 Å². The summed E-state index contributed by atoms with van der Waals surface area (Å²) in [5.41, 5.74) is 1.58. The van der Waals surface area contributed by atoms with E-state index in [1.54, 1.807) is 18.3 Å². The van der Waals surface area contributed by atoms with Gasteiger partial charge >= 0.3 is 0 Å². The summed E-state index contributed by atoms with van der Waals surface area (Å²) in [6.07, 6.45) is 1.61. The lowest BCUT2D eigenvalue weighted by Gasteiger charge is -2.05. The number of hydrogen-bond acceptors (Lipinski definition) is 3. The molecule has 2 rings (SSSR count). The quantitative estimate of drug-likeness (QED) is 0.744. The van der Waals surface area contributed by atoms with Crippen LogP contribution in [0.3, 0.4) is 0 Å². The van der Waals surface area contributed by atoms with E-state index in [0.717, 1.165) is 11.3 Å². The number of pyridine rings is 1. The largest absolute Gasteiger partial charge is 0.268 e. The van der Waals surface area contributed by atoms with E-state index in [9.17, 15) is 4.79 Å². The van der Waals surface area contributed by atoms with Gasteiger partial charge in [0.2, 0.25) is 0 Å². The summed E-state index contributed by atoms with van der Waals surface area (Å²) < 4.78 is 1.40. The van der Waals surface area contributed by atoms with Crippen LogP contribution in [0.5, 0.6) is 0 Å². The highest BCUT2D eigenvalue weighted by molar-refractivity contribution is 6.29. The molecule has 0 aromatic carbocycles. The summed E-state index contributed by atoms with van der Waals surface area (Å²) in [7, 11) is 0. The second-order valence-corrected chi connectivity index (χ2v) is 3.84.